The number of fused-ring (bicyclic) bond motifs is 1. The van der Waals surface area contributed by atoms with Crippen LogP contribution >= 0.6 is 11.8 Å². The Morgan fingerprint density at radius 2 is 1.60 bits per heavy atom. The number of benzene rings is 3. The van der Waals surface area contributed by atoms with Gasteiger partial charge in [0.1, 0.15) is 28.5 Å². The van der Waals surface area contributed by atoms with Crippen LogP contribution in [0.1, 0.15) is 50.0 Å². The van der Waals surface area contributed by atoms with Gasteiger partial charge in [-0.05, 0) is 56.0 Å². The number of amides is 3. The topological polar surface area (TPSA) is 105 Å². The van der Waals surface area contributed by atoms with Crippen LogP contribution in [0.5, 0.6) is 0 Å². The fraction of sp³-hybridized carbons (Fsp3) is 0.297. The highest BCUT2D eigenvalue weighted by Gasteiger charge is 2.55. The maximum Gasteiger partial charge on any atom is 0.408 e. The molecule has 248 valence electrons. The molecule has 0 unspecified atom stereocenters. The van der Waals surface area contributed by atoms with Crippen LogP contribution in [0.25, 0.3) is 0 Å². The molecule has 6 rings (SSSR count). The van der Waals surface area contributed by atoms with E-state index < -0.39 is 41.1 Å². The molecule has 3 aliphatic heterocycles. The number of esters is 1. The predicted molar refractivity (Wildman–Crippen MR) is 179 cm³/mol. The van der Waals surface area contributed by atoms with E-state index in [0.717, 1.165) is 11.1 Å². The number of allylic oxidation sites excluding steroid dienone is 1. The number of hydrogen-bond acceptors (Lipinski definition) is 7. The number of carbonyl (C=O) groups excluding carboxylic acids is 4. The molecule has 3 amide bonds. The van der Waals surface area contributed by atoms with Gasteiger partial charge in [0.25, 0.3) is 5.91 Å². The number of ether oxygens (including phenoxy) is 2. The van der Waals surface area contributed by atoms with Crippen molar-refractivity contribution in [1.29, 1.82) is 0 Å². The van der Waals surface area contributed by atoms with Crippen LogP contribution < -0.4 is 5.32 Å². The van der Waals surface area contributed by atoms with E-state index in [2.05, 4.69) is 5.32 Å². The van der Waals surface area contributed by atoms with Crippen LogP contribution in [0.15, 0.2) is 108 Å². The number of nitrogens with one attached hydrogen (secondary N) is 1. The quantitative estimate of drug-likeness (QED) is 0.182. The second kappa shape index (κ2) is 13.7. The summed E-state index contributed by atoms with van der Waals surface area (Å²) >= 11 is 1.37. The van der Waals surface area contributed by atoms with Crippen LogP contribution in [0, 0.1) is 5.82 Å². The summed E-state index contributed by atoms with van der Waals surface area (Å²) in [6.07, 6.45) is 0.541. The lowest BCUT2D eigenvalue weighted by molar-refractivity contribution is -0.153. The average molecular weight is 670 g/mol. The number of carbonyl (C=O) groups is 4. The van der Waals surface area contributed by atoms with Crippen molar-refractivity contribution in [3.8, 4) is 0 Å². The molecule has 0 aliphatic carbocycles. The summed E-state index contributed by atoms with van der Waals surface area (Å²) in [6, 6.07) is 24.0. The standard InChI is InChI=1S/C37H36FN3O6S/c1-37(2,3)47-36(45)39-29-33(43)41-30(35(44)46-31(23-12-6-4-7-13-23)24-14-8-5-9-15-24)27(22-48-34(29)41)20-25-18-19-40(32(25)42)21-26-16-10-11-17-28(26)38/h4-17,20,29,31,34H,18-19,21-22H2,1-3H3,(H,39,45)/b25-20+/t29-,34-/m1/s1. The molecule has 0 saturated carbocycles. The van der Waals surface area contributed by atoms with Gasteiger partial charge in [0, 0.05) is 30.0 Å². The fourth-order valence-corrected chi connectivity index (χ4v) is 7.22. The fourth-order valence-electron chi connectivity index (χ4n) is 5.92. The van der Waals surface area contributed by atoms with Crippen LogP contribution in [-0.4, -0.2) is 63.0 Å². The van der Waals surface area contributed by atoms with Gasteiger partial charge in [-0.25, -0.2) is 14.0 Å². The molecule has 0 bridgehead atoms. The third-order valence-electron chi connectivity index (χ3n) is 8.17. The van der Waals surface area contributed by atoms with Gasteiger partial charge in [-0.3, -0.25) is 14.5 Å². The number of β-lactam (4-membered cyclic amide) rings is 1. The summed E-state index contributed by atoms with van der Waals surface area (Å²) < 4.78 is 25.9. The van der Waals surface area contributed by atoms with Crippen molar-refractivity contribution >= 4 is 35.6 Å². The van der Waals surface area contributed by atoms with E-state index in [0.29, 0.717) is 29.7 Å². The highest BCUT2D eigenvalue weighted by molar-refractivity contribution is 8.00. The molecule has 0 aromatic heterocycles. The minimum absolute atomic E-state index is 0.0238. The summed E-state index contributed by atoms with van der Waals surface area (Å²) in [5.41, 5.74) is 2.07. The molecule has 3 heterocycles. The summed E-state index contributed by atoms with van der Waals surface area (Å²) in [4.78, 5) is 56.9. The van der Waals surface area contributed by atoms with Crippen molar-refractivity contribution in [3.05, 3.63) is 130 Å². The Morgan fingerprint density at radius 3 is 2.23 bits per heavy atom. The van der Waals surface area contributed by atoms with Crippen molar-refractivity contribution < 1.29 is 33.0 Å². The third-order valence-corrected chi connectivity index (χ3v) is 9.48. The largest absolute Gasteiger partial charge is 0.448 e. The highest BCUT2D eigenvalue weighted by Crippen LogP contribution is 2.42. The summed E-state index contributed by atoms with van der Waals surface area (Å²) in [7, 11) is 0. The minimum atomic E-state index is -0.912. The molecule has 0 radical (unpaired) electrons. The van der Waals surface area contributed by atoms with Crippen molar-refractivity contribution in [3.63, 3.8) is 0 Å². The monoisotopic (exact) mass is 669 g/mol. The third kappa shape index (κ3) is 7.01. The molecule has 48 heavy (non-hydrogen) atoms. The number of thioether (sulfide) groups is 1. The van der Waals surface area contributed by atoms with Gasteiger partial charge >= 0.3 is 12.1 Å². The van der Waals surface area contributed by atoms with Crippen molar-refractivity contribution in [2.24, 2.45) is 0 Å². The average Bonchev–Trinajstić information content (AvgIpc) is 3.41. The smallest absolute Gasteiger partial charge is 0.408 e. The van der Waals surface area contributed by atoms with Crippen molar-refractivity contribution in [1.82, 2.24) is 15.1 Å². The Kier molecular flexibility index (Phi) is 9.41. The van der Waals surface area contributed by atoms with Gasteiger partial charge in [0.2, 0.25) is 5.91 Å². The van der Waals surface area contributed by atoms with E-state index in [4.69, 9.17) is 9.47 Å². The molecule has 11 heteroatoms. The number of likely N-dealkylation sites (tertiary alicyclic amines) is 1. The lowest BCUT2D eigenvalue weighted by Gasteiger charge is -2.49. The summed E-state index contributed by atoms with van der Waals surface area (Å²) in [5, 5.41) is 2.06. The van der Waals surface area contributed by atoms with Gasteiger partial charge in [-0.15, -0.1) is 11.8 Å². The molecule has 2 fully saturated rings. The number of halogens is 1. The molecule has 9 nitrogen and oxygen atoms in total. The van der Waals surface area contributed by atoms with E-state index >= 15 is 0 Å². The second-order valence-electron chi connectivity index (χ2n) is 12.8. The van der Waals surface area contributed by atoms with Gasteiger partial charge in [-0.1, -0.05) is 78.9 Å². The maximum atomic E-state index is 14.4. The van der Waals surface area contributed by atoms with Crippen LogP contribution in [0.3, 0.4) is 0 Å². The highest BCUT2D eigenvalue weighted by atomic mass is 32.2. The van der Waals surface area contributed by atoms with E-state index in [-0.39, 0.29) is 29.7 Å². The Labute approximate surface area is 282 Å². The van der Waals surface area contributed by atoms with Gasteiger partial charge in [0.05, 0.1) is 0 Å². The van der Waals surface area contributed by atoms with Gasteiger partial charge < -0.3 is 19.7 Å². The van der Waals surface area contributed by atoms with Gasteiger partial charge in [0.15, 0.2) is 6.10 Å². The minimum Gasteiger partial charge on any atom is -0.448 e. The SMILES string of the molecule is CC(C)(C)OC(=O)N[C@@H]1C(=O)N2C(C(=O)OC(c3ccccc3)c3ccccc3)=C(/C=C3\CCN(Cc4ccccc4F)C3=O)CS[C@H]12. The number of rotatable bonds is 8. The molecule has 2 saturated heterocycles. The zero-order chi connectivity index (χ0) is 34.0. The van der Waals surface area contributed by atoms with Crippen molar-refractivity contribution in [2.45, 2.75) is 56.9 Å². The normalized spacial score (nSPS) is 20.1. The molecule has 3 aromatic rings. The Hall–Kier alpha value is -4.90. The first-order chi connectivity index (χ1) is 23.0. The first-order valence-corrected chi connectivity index (χ1v) is 16.8. The first kappa shape index (κ1) is 33.0. The van der Waals surface area contributed by atoms with E-state index in [9.17, 15) is 23.6 Å². The molecule has 3 aliphatic rings. The number of alkyl carbamates (subject to hydrolysis) is 1. The molecule has 3 aromatic carbocycles. The van der Waals surface area contributed by atoms with E-state index in [1.165, 1.54) is 22.7 Å². The van der Waals surface area contributed by atoms with E-state index in [1.807, 2.05) is 60.7 Å². The number of hydrogen-bond donors (Lipinski definition) is 1. The van der Waals surface area contributed by atoms with Gasteiger partial charge in [-0.2, -0.15) is 0 Å². The molecule has 2 atom stereocenters. The molecular formula is C37H36FN3O6S. The summed E-state index contributed by atoms with van der Waals surface area (Å²) in [6.45, 7) is 5.68. The first-order valence-electron chi connectivity index (χ1n) is 15.7. The zero-order valence-electron chi connectivity index (χ0n) is 26.9. The Morgan fingerprint density at radius 1 is 0.979 bits per heavy atom. The molecule has 0 spiro atoms. The molecule has 1 N–H and O–H groups in total. The second-order valence-corrected chi connectivity index (χ2v) is 13.9. The Bertz CT molecular complexity index is 1750. The van der Waals surface area contributed by atoms with Crippen LogP contribution in [0.4, 0.5) is 9.18 Å². The lowest BCUT2D eigenvalue weighted by atomic mass is 10.00. The lowest BCUT2D eigenvalue weighted by Crippen LogP contribution is -2.70. The summed E-state index contributed by atoms with van der Waals surface area (Å²) in [5.74, 6) is -1.60. The maximum absolute atomic E-state index is 14.4. The predicted octanol–water partition coefficient (Wildman–Crippen LogP) is 5.88. The zero-order valence-corrected chi connectivity index (χ0v) is 27.7. The van der Waals surface area contributed by atoms with E-state index in [1.54, 1.807) is 49.9 Å². The van der Waals surface area contributed by atoms with Crippen LogP contribution in [-0.2, 0) is 30.4 Å². The molecular weight excluding hydrogens is 633 g/mol. The van der Waals surface area contributed by atoms with Crippen molar-refractivity contribution in [2.75, 3.05) is 12.3 Å². The van der Waals surface area contributed by atoms with Crippen LogP contribution in [0.2, 0.25) is 0 Å². The Balaban J connectivity index is 1.32. The number of nitrogens with zero attached hydrogens (tertiary/aromatic N) is 2.